The predicted octanol–water partition coefficient (Wildman–Crippen LogP) is 2.03. The van der Waals surface area contributed by atoms with E-state index in [4.69, 9.17) is 5.11 Å². The smallest absolute Gasteiger partial charge is 0.0443 e. The van der Waals surface area contributed by atoms with E-state index in [-0.39, 0.29) is 6.61 Å². The van der Waals surface area contributed by atoms with Gasteiger partial charge < -0.3 is 10.4 Å². The SMILES string of the molecule is Cc1cccc([C@H](C)NCCCO)c1. The monoisotopic (exact) mass is 193 g/mol. The molecule has 2 nitrogen and oxygen atoms in total. The summed E-state index contributed by atoms with van der Waals surface area (Å²) in [6.07, 6.45) is 0.816. The average Bonchev–Trinajstić information content (AvgIpc) is 2.18. The van der Waals surface area contributed by atoms with E-state index in [0.29, 0.717) is 6.04 Å². The Labute approximate surface area is 86.0 Å². The van der Waals surface area contributed by atoms with E-state index in [1.807, 2.05) is 0 Å². The van der Waals surface area contributed by atoms with Crippen molar-refractivity contribution in [3.05, 3.63) is 35.4 Å². The minimum Gasteiger partial charge on any atom is -0.396 e. The fraction of sp³-hybridized carbons (Fsp3) is 0.500. The van der Waals surface area contributed by atoms with Crippen molar-refractivity contribution in [3.63, 3.8) is 0 Å². The van der Waals surface area contributed by atoms with E-state index in [0.717, 1.165) is 13.0 Å². The van der Waals surface area contributed by atoms with Crippen molar-refractivity contribution < 1.29 is 5.11 Å². The summed E-state index contributed by atoms with van der Waals surface area (Å²) in [5.74, 6) is 0. The van der Waals surface area contributed by atoms with Crippen LogP contribution in [0.5, 0.6) is 0 Å². The van der Waals surface area contributed by atoms with Crippen molar-refractivity contribution in [2.45, 2.75) is 26.3 Å². The van der Waals surface area contributed by atoms with Gasteiger partial charge in [0.25, 0.3) is 0 Å². The molecule has 0 radical (unpaired) electrons. The molecule has 78 valence electrons. The van der Waals surface area contributed by atoms with Gasteiger partial charge in [0, 0.05) is 12.6 Å². The Bertz CT molecular complexity index is 273. The van der Waals surface area contributed by atoms with Crippen LogP contribution < -0.4 is 5.32 Å². The maximum atomic E-state index is 8.65. The lowest BCUT2D eigenvalue weighted by atomic mass is 10.1. The Morgan fingerprint density at radius 3 is 2.86 bits per heavy atom. The summed E-state index contributed by atoms with van der Waals surface area (Å²) in [6.45, 7) is 5.37. The minimum atomic E-state index is 0.257. The highest BCUT2D eigenvalue weighted by atomic mass is 16.3. The first kappa shape index (κ1) is 11.2. The Morgan fingerprint density at radius 1 is 1.43 bits per heavy atom. The number of hydrogen-bond donors (Lipinski definition) is 2. The van der Waals surface area contributed by atoms with Crippen LogP contribution in [0.25, 0.3) is 0 Å². The van der Waals surface area contributed by atoms with E-state index in [1.165, 1.54) is 11.1 Å². The third kappa shape index (κ3) is 3.48. The van der Waals surface area contributed by atoms with E-state index in [2.05, 4.69) is 43.4 Å². The van der Waals surface area contributed by atoms with Crippen molar-refractivity contribution in [2.75, 3.05) is 13.2 Å². The highest BCUT2D eigenvalue weighted by molar-refractivity contribution is 5.24. The van der Waals surface area contributed by atoms with Crippen LogP contribution in [0.1, 0.15) is 30.5 Å². The summed E-state index contributed by atoms with van der Waals surface area (Å²) in [6, 6.07) is 8.86. The molecule has 0 aliphatic rings. The lowest BCUT2D eigenvalue weighted by Gasteiger charge is -2.14. The van der Waals surface area contributed by atoms with Crippen molar-refractivity contribution in [3.8, 4) is 0 Å². The van der Waals surface area contributed by atoms with E-state index >= 15 is 0 Å². The van der Waals surface area contributed by atoms with E-state index in [9.17, 15) is 0 Å². The van der Waals surface area contributed by atoms with Gasteiger partial charge in [0.1, 0.15) is 0 Å². The summed E-state index contributed by atoms with van der Waals surface area (Å²) in [5, 5.41) is 12.0. The lowest BCUT2D eigenvalue weighted by Crippen LogP contribution is -2.20. The maximum absolute atomic E-state index is 8.65. The number of aliphatic hydroxyl groups excluding tert-OH is 1. The summed E-state index contributed by atoms with van der Waals surface area (Å²) in [7, 11) is 0. The fourth-order valence-corrected chi connectivity index (χ4v) is 1.45. The number of aryl methyl sites for hydroxylation is 1. The second-order valence-electron chi connectivity index (χ2n) is 3.67. The largest absolute Gasteiger partial charge is 0.396 e. The van der Waals surface area contributed by atoms with Gasteiger partial charge in [-0.15, -0.1) is 0 Å². The molecule has 1 aromatic carbocycles. The Hall–Kier alpha value is -0.860. The highest BCUT2D eigenvalue weighted by Gasteiger charge is 2.03. The number of nitrogens with one attached hydrogen (secondary N) is 1. The van der Waals surface area contributed by atoms with Gasteiger partial charge in [0.15, 0.2) is 0 Å². The molecular weight excluding hydrogens is 174 g/mol. The van der Waals surface area contributed by atoms with Crippen LogP contribution >= 0.6 is 0 Å². The second-order valence-corrected chi connectivity index (χ2v) is 3.67. The van der Waals surface area contributed by atoms with Crippen molar-refractivity contribution in [1.29, 1.82) is 0 Å². The van der Waals surface area contributed by atoms with Crippen LogP contribution in [-0.2, 0) is 0 Å². The number of hydrogen-bond acceptors (Lipinski definition) is 2. The summed E-state index contributed by atoms with van der Waals surface area (Å²) in [5.41, 5.74) is 2.60. The Morgan fingerprint density at radius 2 is 2.21 bits per heavy atom. The third-order valence-electron chi connectivity index (χ3n) is 2.33. The molecule has 0 aliphatic heterocycles. The second kappa shape index (κ2) is 5.78. The van der Waals surface area contributed by atoms with Crippen molar-refractivity contribution in [2.24, 2.45) is 0 Å². The zero-order valence-corrected chi connectivity index (χ0v) is 8.96. The molecule has 0 unspecified atom stereocenters. The highest BCUT2D eigenvalue weighted by Crippen LogP contribution is 2.13. The maximum Gasteiger partial charge on any atom is 0.0443 e. The van der Waals surface area contributed by atoms with E-state index < -0.39 is 0 Å². The standard InChI is InChI=1S/C12H19NO/c1-10-5-3-6-12(9-10)11(2)13-7-4-8-14/h3,5-6,9,11,13-14H,4,7-8H2,1-2H3/t11-/m0/s1. The van der Waals surface area contributed by atoms with Crippen molar-refractivity contribution >= 4 is 0 Å². The van der Waals surface area contributed by atoms with Gasteiger partial charge in [-0.1, -0.05) is 29.8 Å². The molecule has 14 heavy (non-hydrogen) atoms. The van der Waals surface area contributed by atoms with Crippen LogP contribution in [0.3, 0.4) is 0 Å². The van der Waals surface area contributed by atoms with Crippen molar-refractivity contribution in [1.82, 2.24) is 5.32 Å². The molecule has 1 rings (SSSR count). The Balaban J connectivity index is 2.47. The van der Waals surface area contributed by atoms with Gasteiger partial charge in [0.05, 0.1) is 0 Å². The van der Waals surface area contributed by atoms with Gasteiger partial charge in [0.2, 0.25) is 0 Å². The zero-order chi connectivity index (χ0) is 10.4. The molecular formula is C12H19NO. The van der Waals surface area contributed by atoms with Gasteiger partial charge in [-0.25, -0.2) is 0 Å². The molecule has 2 heteroatoms. The van der Waals surface area contributed by atoms with Gasteiger partial charge in [-0.05, 0) is 32.4 Å². The molecule has 0 saturated carbocycles. The molecule has 0 aliphatic carbocycles. The van der Waals surface area contributed by atoms with Crippen LogP contribution in [0, 0.1) is 6.92 Å². The number of benzene rings is 1. The predicted molar refractivity (Wildman–Crippen MR) is 59.3 cm³/mol. The topological polar surface area (TPSA) is 32.3 Å². The van der Waals surface area contributed by atoms with Gasteiger partial charge in [-0.2, -0.15) is 0 Å². The van der Waals surface area contributed by atoms with Gasteiger partial charge in [-0.3, -0.25) is 0 Å². The summed E-state index contributed by atoms with van der Waals surface area (Å²) in [4.78, 5) is 0. The van der Waals surface area contributed by atoms with Crippen LogP contribution in [0.15, 0.2) is 24.3 Å². The molecule has 0 saturated heterocycles. The molecule has 0 heterocycles. The molecule has 1 aromatic rings. The molecule has 1 atom stereocenters. The quantitative estimate of drug-likeness (QED) is 0.701. The van der Waals surface area contributed by atoms with E-state index in [1.54, 1.807) is 0 Å². The summed E-state index contributed by atoms with van der Waals surface area (Å²) < 4.78 is 0. The van der Waals surface area contributed by atoms with Gasteiger partial charge >= 0.3 is 0 Å². The molecule has 0 spiro atoms. The molecule has 0 bridgehead atoms. The molecule has 0 fully saturated rings. The zero-order valence-electron chi connectivity index (χ0n) is 8.96. The summed E-state index contributed by atoms with van der Waals surface area (Å²) >= 11 is 0. The first-order chi connectivity index (χ1) is 6.74. The Kier molecular flexibility index (Phi) is 4.63. The fourth-order valence-electron chi connectivity index (χ4n) is 1.45. The minimum absolute atomic E-state index is 0.257. The first-order valence-electron chi connectivity index (χ1n) is 5.15. The third-order valence-corrected chi connectivity index (χ3v) is 2.33. The number of rotatable bonds is 5. The number of aliphatic hydroxyl groups is 1. The first-order valence-corrected chi connectivity index (χ1v) is 5.15. The molecule has 2 N–H and O–H groups in total. The average molecular weight is 193 g/mol. The molecule has 0 aromatic heterocycles. The lowest BCUT2D eigenvalue weighted by molar-refractivity contribution is 0.284. The normalized spacial score (nSPS) is 12.8. The van der Waals surface area contributed by atoms with Crippen LogP contribution in [0.4, 0.5) is 0 Å². The van der Waals surface area contributed by atoms with Crippen LogP contribution in [-0.4, -0.2) is 18.3 Å². The van der Waals surface area contributed by atoms with Crippen LogP contribution in [0.2, 0.25) is 0 Å². The molecule has 0 amide bonds.